The number of nitrogens with zero attached hydrogens (tertiary/aromatic N) is 4. The smallest absolute Gasteiger partial charge is 0.273 e. The van der Waals surface area contributed by atoms with Gasteiger partial charge in [0.15, 0.2) is 11.5 Å². The predicted molar refractivity (Wildman–Crippen MR) is 119 cm³/mol. The van der Waals surface area contributed by atoms with Crippen molar-refractivity contribution in [3.8, 4) is 0 Å². The van der Waals surface area contributed by atoms with E-state index in [1.54, 1.807) is 24.3 Å². The Kier molecular flexibility index (Phi) is 5.99. The van der Waals surface area contributed by atoms with E-state index < -0.39 is 5.91 Å². The average molecular weight is 440 g/mol. The fourth-order valence-corrected chi connectivity index (χ4v) is 3.71. The van der Waals surface area contributed by atoms with E-state index in [-0.39, 0.29) is 24.1 Å². The molecule has 2 aromatic carbocycles. The Balaban J connectivity index is 1.66. The summed E-state index contributed by atoms with van der Waals surface area (Å²) in [6.45, 7) is 1.63. The van der Waals surface area contributed by atoms with E-state index in [9.17, 15) is 9.90 Å². The zero-order valence-electron chi connectivity index (χ0n) is 16.9. The zero-order valence-corrected chi connectivity index (χ0v) is 17.6. The van der Waals surface area contributed by atoms with Crippen molar-refractivity contribution in [1.29, 1.82) is 0 Å². The number of likely N-dealkylation sites (N-methyl/N-ethyl adjacent to an activating group) is 1. The zero-order chi connectivity index (χ0) is 22.0. The Labute approximate surface area is 184 Å². The number of primary amides is 1. The number of amides is 1. The monoisotopic (exact) mass is 439 g/mol. The molecule has 1 amide bonds. The Morgan fingerprint density at radius 1 is 1.19 bits per heavy atom. The van der Waals surface area contributed by atoms with E-state index in [0.717, 1.165) is 19.5 Å². The molecular formula is C21H22ClN7O2. The number of benzene rings is 2. The number of para-hydroxylation sites is 1. The molecule has 0 aliphatic carbocycles. The Morgan fingerprint density at radius 3 is 2.77 bits per heavy atom. The molecule has 0 saturated carbocycles. The van der Waals surface area contributed by atoms with Gasteiger partial charge in [-0.2, -0.15) is 4.98 Å². The summed E-state index contributed by atoms with van der Waals surface area (Å²) in [5.41, 5.74) is 9.58. The maximum atomic E-state index is 11.8. The van der Waals surface area contributed by atoms with Crippen LogP contribution in [-0.2, 0) is 19.6 Å². The SMILES string of the molecule is CN1CCc2cc(Cl)c(Nc3nnc(C(N)=O)c(Nc4ccccc4CO)n3)cc2C1. The summed E-state index contributed by atoms with van der Waals surface area (Å²) in [5.74, 6) is -0.495. The third-order valence-corrected chi connectivity index (χ3v) is 5.41. The van der Waals surface area contributed by atoms with E-state index in [2.05, 4.69) is 37.8 Å². The summed E-state index contributed by atoms with van der Waals surface area (Å²) in [4.78, 5) is 18.4. The van der Waals surface area contributed by atoms with Crippen LogP contribution in [0.3, 0.4) is 0 Å². The summed E-state index contributed by atoms with van der Waals surface area (Å²) in [6.07, 6.45) is 0.940. The van der Waals surface area contributed by atoms with Gasteiger partial charge in [-0.3, -0.25) is 4.79 Å². The lowest BCUT2D eigenvalue weighted by Gasteiger charge is -2.26. The fourth-order valence-electron chi connectivity index (χ4n) is 3.48. The van der Waals surface area contributed by atoms with Crippen molar-refractivity contribution in [2.45, 2.75) is 19.6 Å². The minimum Gasteiger partial charge on any atom is -0.392 e. The lowest BCUT2D eigenvalue weighted by molar-refractivity contribution is 0.0995. The highest BCUT2D eigenvalue weighted by molar-refractivity contribution is 6.33. The van der Waals surface area contributed by atoms with Crippen LogP contribution < -0.4 is 16.4 Å². The topological polar surface area (TPSA) is 129 Å². The van der Waals surface area contributed by atoms with Crippen molar-refractivity contribution < 1.29 is 9.90 Å². The number of aliphatic hydroxyl groups excluding tert-OH is 1. The Morgan fingerprint density at radius 2 is 2.00 bits per heavy atom. The van der Waals surface area contributed by atoms with Gasteiger partial charge in [-0.05, 0) is 42.8 Å². The molecule has 9 nitrogen and oxygen atoms in total. The van der Waals surface area contributed by atoms with Crippen LogP contribution >= 0.6 is 11.6 Å². The molecule has 160 valence electrons. The molecular weight excluding hydrogens is 418 g/mol. The van der Waals surface area contributed by atoms with E-state index in [0.29, 0.717) is 22.0 Å². The summed E-state index contributed by atoms with van der Waals surface area (Å²) in [7, 11) is 2.07. The summed E-state index contributed by atoms with van der Waals surface area (Å²) < 4.78 is 0. The maximum Gasteiger partial charge on any atom is 0.273 e. The molecule has 31 heavy (non-hydrogen) atoms. The van der Waals surface area contributed by atoms with Gasteiger partial charge in [-0.25, -0.2) is 0 Å². The highest BCUT2D eigenvalue weighted by atomic mass is 35.5. The van der Waals surface area contributed by atoms with Gasteiger partial charge >= 0.3 is 0 Å². The van der Waals surface area contributed by atoms with Crippen molar-refractivity contribution in [3.63, 3.8) is 0 Å². The van der Waals surface area contributed by atoms with Crippen LogP contribution in [0.4, 0.5) is 23.1 Å². The van der Waals surface area contributed by atoms with Crippen molar-refractivity contribution in [3.05, 3.63) is 63.8 Å². The average Bonchev–Trinajstić information content (AvgIpc) is 2.75. The highest BCUT2D eigenvalue weighted by Gasteiger charge is 2.19. The summed E-state index contributed by atoms with van der Waals surface area (Å²) in [6, 6.07) is 11.0. The number of nitrogens with two attached hydrogens (primary N) is 1. The summed E-state index contributed by atoms with van der Waals surface area (Å²) in [5, 5.41) is 24.1. The van der Waals surface area contributed by atoms with Gasteiger partial charge in [-0.15, -0.1) is 10.2 Å². The number of aromatic nitrogens is 3. The molecule has 0 saturated heterocycles. The van der Waals surface area contributed by atoms with Crippen LogP contribution in [0.2, 0.25) is 5.02 Å². The molecule has 0 unspecified atom stereocenters. The highest BCUT2D eigenvalue weighted by Crippen LogP contribution is 2.31. The third kappa shape index (κ3) is 4.58. The fraction of sp³-hybridized carbons (Fsp3) is 0.238. The third-order valence-electron chi connectivity index (χ3n) is 5.10. The first-order chi connectivity index (χ1) is 14.9. The number of hydrogen-bond acceptors (Lipinski definition) is 8. The van der Waals surface area contributed by atoms with Gasteiger partial charge in [0.05, 0.1) is 17.3 Å². The Hall–Kier alpha value is -3.27. The van der Waals surface area contributed by atoms with Crippen LogP contribution in [0.5, 0.6) is 0 Å². The number of hydrogen-bond donors (Lipinski definition) is 4. The van der Waals surface area contributed by atoms with Gasteiger partial charge in [0, 0.05) is 24.3 Å². The molecule has 5 N–H and O–H groups in total. The molecule has 0 fully saturated rings. The van der Waals surface area contributed by atoms with Gasteiger partial charge < -0.3 is 26.4 Å². The molecule has 10 heteroatoms. The molecule has 0 spiro atoms. The first kappa shape index (κ1) is 21.0. The van der Waals surface area contributed by atoms with Gasteiger partial charge in [0.1, 0.15) is 0 Å². The molecule has 0 radical (unpaired) electrons. The number of carbonyl (C=O) groups excluding carboxylic acids is 1. The quantitative estimate of drug-likeness (QED) is 0.461. The molecule has 3 aromatic rings. The number of rotatable bonds is 6. The maximum absolute atomic E-state index is 11.8. The van der Waals surface area contributed by atoms with Crippen molar-refractivity contribution in [2.24, 2.45) is 5.73 Å². The lowest BCUT2D eigenvalue weighted by Crippen LogP contribution is -2.26. The molecule has 1 aromatic heterocycles. The van der Waals surface area contributed by atoms with E-state index >= 15 is 0 Å². The van der Waals surface area contributed by atoms with Crippen LogP contribution in [0.25, 0.3) is 0 Å². The van der Waals surface area contributed by atoms with Crippen LogP contribution in [0.1, 0.15) is 27.2 Å². The number of carbonyl (C=O) groups is 1. The number of nitrogens with one attached hydrogen (secondary N) is 2. The molecule has 1 aliphatic heterocycles. The van der Waals surface area contributed by atoms with E-state index in [4.69, 9.17) is 17.3 Å². The van der Waals surface area contributed by atoms with Gasteiger partial charge in [0.2, 0.25) is 5.95 Å². The molecule has 2 heterocycles. The van der Waals surface area contributed by atoms with E-state index in [1.165, 1.54) is 11.1 Å². The Bertz CT molecular complexity index is 1140. The van der Waals surface area contributed by atoms with Crippen LogP contribution in [-0.4, -0.2) is 44.7 Å². The second-order valence-electron chi connectivity index (χ2n) is 7.35. The number of anilines is 4. The normalized spacial score (nSPS) is 13.5. The van der Waals surface area contributed by atoms with Crippen LogP contribution in [0.15, 0.2) is 36.4 Å². The minimum absolute atomic E-state index is 0.114. The van der Waals surface area contributed by atoms with Gasteiger partial charge in [0.25, 0.3) is 5.91 Å². The van der Waals surface area contributed by atoms with Gasteiger partial charge in [-0.1, -0.05) is 29.8 Å². The molecule has 4 rings (SSSR count). The second kappa shape index (κ2) is 8.84. The predicted octanol–water partition coefficient (Wildman–Crippen LogP) is 2.59. The number of aliphatic hydroxyl groups is 1. The minimum atomic E-state index is -0.773. The number of halogens is 1. The number of fused-ring (bicyclic) bond motifs is 1. The van der Waals surface area contributed by atoms with Crippen molar-refractivity contribution in [1.82, 2.24) is 20.1 Å². The first-order valence-corrected chi connectivity index (χ1v) is 10.1. The van der Waals surface area contributed by atoms with Crippen molar-refractivity contribution in [2.75, 3.05) is 24.2 Å². The largest absolute Gasteiger partial charge is 0.392 e. The van der Waals surface area contributed by atoms with Crippen LogP contribution in [0, 0.1) is 0 Å². The van der Waals surface area contributed by atoms with Crippen molar-refractivity contribution >= 4 is 40.6 Å². The first-order valence-electron chi connectivity index (χ1n) is 9.71. The standard InChI is InChI=1S/C21H22ClN7O2/c1-29-7-6-12-8-15(22)17(9-14(12)10-29)25-21-26-20(18(19(23)31)27-28-21)24-16-5-3-2-4-13(16)11-30/h2-5,8-9,30H,6-7,10-11H2,1H3,(H2,23,31)(H2,24,25,26,28). The second-order valence-corrected chi connectivity index (χ2v) is 7.76. The molecule has 0 atom stereocenters. The van der Waals surface area contributed by atoms with E-state index in [1.807, 2.05) is 12.1 Å². The molecule has 1 aliphatic rings. The summed E-state index contributed by atoms with van der Waals surface area (Å²) >= 11 is 6.47. The lowest BCUT2D eigenvalue weighted by atomic mass is 9.99. The molecule has 0 bridgehead atoms.